The van der Waals surface area contributed by atoms with Gasteiger partial charge in [-0.25, -0.2) is 0 Å². The third-order valence-corrected chi connectivity index (χ3v) is 4.12. The molecule has 0 saturated carbocycles. The van der Waals surface area contributed by atoms with Crippen LogP contribution in [0.2, 0.25) is 0 Å². The minimum absolute atomic E-state index is 0.260. The van der Waals surface area contributed by atoms with Crippen LogP contribution >= 0.6 is 22.9 Å². The SMILES string of the molecule is ClC(c1ccccc1)c1nnc(-c2cn[nH]c2)s1. The molecular weight excluding hydrogens is 268 g/mol. The average molecular weight is 277 g/mol. The van der Waals surface area contributed by atoms with Gasteiger partial charge in [0.2, 0.25) is 0 Å². The molecule has 6 heteroatoms. The van der Waals surface area contributed by atoms with Crippen LogP contribution in [0.25, 0.3) is 10.6 Å². The van der Waals surface area contributed by atoms with E-state index in [0.29, 0.717) is 0 Å². The molecule has 0 radical (unpaired) electrons. The Hall–Kier alpha value is -1.72. The van der Waals surface area contributed by atoms with Crippen LogP contribution in [-0.2, 0) is 0 Å². The molecule has 3 rings (SSSR count). The third-order valence-electron chi connectivity index (χ3n) is 2.49. The van der Waals surface area contributed by atoms with Gasteiger partial charge in [0.1, 0.15) is 10.4 Å². The third kappa shape index (κ3) is 2.14. The number of hydrogen-bond donors (Lipinski definition) is 1. The summed E-state index contributed by atoms with van der Waals surface area (Å²) in [6.07, 6.45) is 3.51. The lowest BCUT2D eigenvalue weighted by Crippen LogP contribution is -1.91. The fourth-order valence-corrected chi connectivity index (χ4v) is 2.74. The molecule has 1 N–H and O–H groups in total. The van der Waals surface area contributed by atoms with Gasteiger partial charge >= 0.3 is 0 Å². The van der Waals surface area contributed by atoms with Crippen LogP contribution in [0, 0.1) is 0 Å². The molecule has 1 aromatic carbocycles. The van der Waals surface area contributed by atoms with E-state index in [1.54, 1.807) is 12.4 Å². The number of aromatic nitrogens is 4. The van der Waals surface area contributed by atoms with E-state index in [1.807, 2.05) is 30.3 Å². The van der Waals surface area contributed by atoms with Crippen molar-refractivity contribution in [3.8, 4) is 10.6 Å². The molecule has 90 valence electrons. The fraction of sp³-hybridized carbons (Fsp3) is 0.0833. The molecule has 1 unspecified atom stereocenters. The molecule has 0 spiro atoms. The smallest absolute Gasteiger partial charge is 0.151 e. The molecule has 4 nitrogen and oxygen atoms in total. The maximum Gasteiger partial charge on any atom is 0.151 e. The van der Waals surface area contributed by atoms with Crippen molar-refractivity contribution in [2.75, 3.05) is 0 Å². The minimum atomic E-state index is -0.260. The van der Waals surface area contributed by atoms with E-state index in [2.05, 4.69) is 20.4 Å². The largest absolute Gasteiger partial charge is 0.285 e. The molecule has 0 aliphatic rings. The summed E-state index contributed by atoms with van der Waals surface area (Å²) in [5, 5.41) is 16.3. The molecule has 0 fully saturated rings. The van der Waals surface area contributed by atoms with Crippen LogP contribution in [0.5, 0.6) is 0 Å². The zero-order chi connectivity index (χ0) is 12.4. The number of alkyl halides is 1. The predicted octanol–water partition coefficient (Wildman–Crippen LogP) is 3.26. The maximum absolute atomic E-state index is 6.39. The summed E-state index contributed by atoms with van der Waals surface area (Å²) in [6.45, 7) is 0. The van der Waals surface area contributed by atoms with Gasteiger partial charge in [-0.2, -0.15) is 5.10 Å². The fourth-order valence-electron chi connectivity index (χ4n) is 1.59. The molecule has 18 heavy (non-hydrogen) atoms. The lowest BCUT2D eigenvalue weighted by molar-refractivity contribution is 0.988. The van der Waals surface area contributed by atoms with E-state index >= 15 is 0 Å². The van der Waals surface area contributed by atoms with Crippen LogP contribution in [0.15, 0.2) is 42.7 Å². The van der Waals surface area contributed by atoms with Crippen molar-refractivity contribution >= 4 is 22.9 Å². The Labute approximate surface area is 113 Å². The molecular formula is C12H9ClN4S. The zero-order valence-electron chi connectivity index (χ0n) is 9.25. The summed E-state index contributed by atoms with van der Waals surface area (Å²) in [7, 11) is 0. The Bertz CT molecular complexity index is 621. The first-order chi connectivity index (χ1) is 8.84. The number of nitrogens with one attached hydrogen (secondary N) is 1. The van der Waals surface area contributed by atoms with Gasteiger partial charge < -0.3 is 0 Å². The highest BCUT2D eigenvalue weighted by atomic mass is 35.5. The van der Waals surface area contributed by atoms with Crippen LogP contribution in [-0.4, -0.2) is 20.4 Å². The molecule has 0 aliphatic carbocycles. The van der Waals surface area contributed by atoms with Gasteiger partial charge in [-0.1, -0.05) is 41.7 Å². The normalized spacial score (nSPS) is 12.5. The Morgan fingerprint density at radius 1 is 1.17 bits per heavy atom. The van der Waals surface area contributed by atoms with Crippen molar-refractivity contribution in [3.05, 3.63) is 53.3 Å². The monoisotopic (exact) mass is 276 g/mol. The Morgan fingerprint density at radius 2 is 2.00 bits per heavy atom. The van der Waals surface area contributed by atoms with E-state index < -0.39 is 0 Å². The van der Waals surface area contributed by atoms with Crippen molar-refractivity contribution in [2.45, 2.75) is 5.38 Å². The number of halogens is 1. The number of aromatic amines is 1. The molecule has 0 amide bonds. The van der Waals surface area contributed by atoms with E-state index in [-0.39, 0.29) is 5.38 Å². The molecule has 0 saturated heterocycles. The van der Waals surface area contributed by atoms with E-state index in [0.717, 1.165) is 21.1 Å². The molecule has 2 heterocycles. The summed E-state index contributed by atoms with van der Waals surface area (Å²) in [5.41, 5.74) is 1.95. The number of nitrogens with zero attached hydrogens (tertiary/aromatic N) is 3. The number of rotatable bonds is 3. The van der Waals surface area contributed by atoms with Gasteiger partial charge in [0, 0.05) is 6.20 Å². The van der Waals surface area contributed by atoms with Crippen LogP contribution < -0.4 is 0 Å². The molecule has 0 bridgehead atoms. The van der Waals surface area contributed by atoms with Gasteiger partial charge in [-0.15, -0.1) is 21.8 Å². The highest BCUT2D eigenvalue weighted by molar-refractivity contribution is 7.15. The van der Waals surface area contributed by atoms with Gasteiger partial charge in [-0.3, -0.25) is 5.10 Å². The zero-order valence-corrected chi connectivity index (χ0v) is 10.8. The lowest BCUT2D eigenvalue weighted by Gasteiger charge is -2.04. The standard InChI is InChI=1S/C12H9ClN4S/c13-10(8-4-2-1-3-5-8)12-17-16-11(18-12)9-6-14-15-7-9/h1-7,10H,(H,14,15). The molecule has 0 aliphatic heterocycles. The Kier molecular flexibility index (Phi) is 3.08. The highest BCUT2D eigenvalue weighted by Gasteiger charge is 2.16. The van der Waals surface area contributed by atoms with E-state index in [9.17, 15) is 0 Å². The first-order valence-corrected chi connectivity index (χ1v) is 6.61. The average Bonchev–Trinajstić information content (AvgIpc) is 3.09. The summed E-state index contributed by atoms with van der Waals surface area (Å²) >= 11 is 7.87. The van der Waals surface area contributed by atoms with E-state index in [1.165, 1.54) is 11.3 Å². The lowest BCUT2D eigenvalue weighted by atomic mass is 10.1. The summed E-state index contributed by atoms with van der Waals surface area (Å²) in [6, 6.07) is 9.85. The Balaban J connectivity index is 1.90. The van der Waals surface area contributed by atoms with Crippen molar-refractivity contribution in [3.63, 3.8) is 0 Å². The number of benzene rings is 1. The number of H-pyrrole nitrogens is 1. The molecule has 2 aromatic heterocycles. The molecule has 1 atom stereocenters. The van der Waals surface area contributed by atoms with Crippen LogP contribution in [0.1, 0.15) is 15.9 Å². The maximum atomic E-state index is 6.39. The van der Waals surface area contributed by atoms with Crippen molar-refractivity contribution < 1.29 is 0 Å². The number of hydrogen-bond acceptors (Lipinski definition) is 4. The Morgan fingerprint density at radius 3 is 2.72 bits per heavy atom. The first kappa shape index (κ1) is 11.4. The second-order valence-electron chi connectivity index (χ2n) is 3.71. The summed E-state index contributed by atoms with van der Waals surface area (Å²) in [5.74, 6) is 0. The second-order valence-corrected chi connectivity index (χ2v) is 5.15. The quantitative estimate of drug-likeness (QED) is 0.747. The van der Waals surface area contributed by atoms with Gasteiger partial charge in [0.15, 0.2) is 5.01 Å². The second kappa shape index (κ2) is 4.88. The topological polar surface area (TPSA) is 54.5 Å². The highest BCUT2D eigenvalue weighted by Crippen LogP contribution is 2.33. The minimum Gasteiger partial charge on any atom is -0.285 e. The predicted molar refractivity (Wildman–Crippen MR) is 71.6 cm³/mol. The van der Waals surface area contributed by atoms with Gasteiger partial charge in [-0.05, 0) is 5.56 Å². The molecule has 3 aromatic rings. The first-order valence-electron chi connectivity index (χ1n) is 5.36. The van der Waals surface area contributed by atoms with Crippen molar-refractivity contribution in [1.82, 2.24) is 20.4 Å². The van der Waals surface area contributed by atoms with Crippen molar-refractivity contribution in [2.24, 2.45) is 0 Å². The summed E-state index contributed by atoms with van der Waals surface area (Å²) < 4.78 is 0. The van der Waals surface area contributed by atoms with Gasteiger partial charge in [0.05, 0.1) is 11.8 Å². The van der Waals surface area contributed by atoms with Gasteiger partial charge in [0.25, 0.3) is 0 Å². The summed E-state index contributed by atoms with van der Waals surface area (Å²) in [4.78, 5) is 0. The van der Waals surface area contributed by atoms with E-state index in [4.69, 9.17) is 11.6 Å². The van der Waals surface area contributed by atoms with Crippen molar-refractivity contribution in [1.29, 1.82) is 0 Å². The van der Waals surface area contributed by atoms with Crippen LogP contribution in [0.3, 0.4) is 0 Å². The van der Waals surface area contributed by atoms with Crippen LogP contribution in [0.4, 0.5) is 0 Å².